The van der Waals surface area contributed by atoms with Crippen LogP contribution in [0.2, 0.25) is 0 Å². The fourth-order valence-electron chi connectivity index (χ4n) is 1.92. The molecule has 2 rings (SSSR count). The number of nitrogens with one attached hydrogen (secondary N) is 1. The van der Waals surface area contributed by atoms with E-state index in [0.29, 0.717) is 24.6 Å². The average molecular weight is 274 g/mol. The molecule has 0 spiro atoms. The molecule has 0 aliphatic heterocycles. The maximum atomic E-state index is 9.23. The van der Waals surface area contributed by atoms with Crippen molar-refractivity contribution in [2.24, 2.45) is 0 Å². The smallest absolute Gasteiger partial charge is 0.183 e. The number of methoxy groups -OCH3 is 2. The van der Waals surface area contributed by atoms with Crippen LogP contribution in [0.5, 0.6) is 17.2 Å². The van der Waals surface area contributed by atoms with Gasteiger partial charge in [0.25, 0.3) is 0 Å². The van der Waals surface area contributed by atoms with Crippen molar-refractivity contribution in [3.63, 3.8) is 0 Å². The summed E-state index contributed by atoms with van der Waals surface area (Å²) in [5.41, 5.74) is 1.88. The van der Waals surface area contributed by atoms with Gasteiger partial charge in [0.05, 0.1) is 19.9 Å². The summed E-state index contributed by atoms with van der Waals surface area (Å²) in [7, 11) is 3.20. The third-order valence-electron chi connectivity index (χ3n) is 2.92. The van der Waals surface area contributed by atoms with Crippen molar-refractivity contribution >= 4 is 0 Å². The molecule has 0 saturated carbocycles. The zero-order valence-electron chi connectivity index (χ0n) is 11.6. The first-order valence-electron chi connectivity index (χ1n) is 6.29. The first-order valence-corrected chi connectivity index (χ1v) is 6.29. The molecule has 2 N–H and O–H groups in total. The molecule has 0 fully saturated rings. The molecule has 1 heterocycles. The Morgan fingerprint density at radius 3 is 2.45 bits per heavy atom. The van der Waals surface area contributed by atoms with Gasteiger partial charge in [-0.2, -0.15) is 0 Å². The van der Waals surface area contributed by atoms with Crippen LogP contribution in [-0.4, -0.2) is 24.3 Å². The van der Waals surface area contributed by atoms with E-state index in [1.54, 1.807) is 38.6 Å². The highest BCUT2D eigenvalue weighted by Gasteiger charge is 2.10. The first kappa shape index (κ1) is 14.1. The highest BCUT2D eigenvalue weighted by molar-refractivity contribution is 5.42. The van der Waals surface area contributed by atoms with Crippen LogP contribution in [0.15, 0.2) is 36.5 Å². The summed E-state index contributed by atoms with van der Waals surface area (Å²) < 4.78 is 10.6. The fourth-order valence-corrected chi connectivity index (χ4v) is 1.92. The number of aromatic nitrogens is 1. The van der Waals surface area contributed by atoms with E-state index in [2.05, 4.69) is 10.3 Å². The lowest BCUT2D eigenvalue weighted by atomic mass is 10.2. The lowest BCUT2D eigenvalue weighted by molar-refractivity contribution is 0.348. The molecule has 0 unspecified atom stereocenters. The summed E-state index contributed by atoms with van der Waals surface area (Å²) in [5, 5.41) is 12.5. The number of aromatic hydroxyl groups is 1. The zero-order chi connectivity index (χ0) is 14.4. The maximum Gasteiger partial charge on any atom is 0.183 e. The minimum absolute atomic E-state index is 0.268. The van der Waals surface area contributed by atoms with E-state index >= 15 is 0 Å². The molecule has 0 atom stereocenters. The van der Waals surface area contributed by atoms with Crippen molar-refractivity contribution in [2.45, 2.75) is 13.1 Å². The van der Waals surface area contributed by atoms with E-state index in [0.717, 1.165) is 11.3 Å². The summed E-state index contributed by atoms with van der Waals surface area (Å²) in [6.07, 6.45) is 1.69. The van der Waals surface area contributed by atoms with Gasteiger partial charge >= 0.3 is 0 Å². The highest BCUT2D eigenvalue weighted by atomic mass is 16.5. The predicted octanol–water partition coefficient (Wildman–Crippen LogP) is 2.09. The van der Waals surface area contributed by atoms with Gasteiger partial charge in [-0.1, -0.05) is 12.1 Å². The second-order valence-electron chi connectivity index (χ2n) is 4.26. The number of nitrogens with zero attached hydrogens (tertiary/aromatic N) is 1. The third-order valence-corrected chi connectivity index (χ3v) is 2.92. The number of rotatable bonds is 6. The van der Waals surface area contributed by atoms with E-state index in [1.807, 2.05) is 12.1 Å². The van der Waals surface area contributed by atoms with Crippen LogP contribution in [0.1, 0.15) is 11.3 Å². The topological polar surface area (TPSA) is 63.6 Å². The molecular weight excluding hydrogens is 256 g/mol. The molecule has 0 saturated heterocycles. The third kappa shape index (κ3) is 3.39. The van der Waals surface area contributed by atoms with Gasteiger partial charge in [0.15, 0.2) is 11.5 Å². The second-order valence-corrected chi connectivity index (χ2v) is 4.26. The monoisotopic (exact) mass is 274 g/mol. The Balaban J connectivity index is 1.98. The van der Waals surface area contributed by atoms with Crippen molar-refractivity contribution in [1.29, 1.82) is 0 Å². The molecule has 5 nitrogen and oxygen atoms in total. The average Bonchev–Trinajstić information content (AvgIpc) is 2.49. The summed E-state index contributed by atoms with van der Waals surface area (Å²) in [6, 6.07) is 8.85. The second kappa shape index (κ2) is 6.77. The quantitative estimate of drug-likeness (QED) is 0.844. The van der Waals surface area contributed by atoms with Crippen LogP contribution >= 0.6 is 0 Å². The number of pyridine rings is 1. The van der Waals surface area contributed by atoms with Gasteiger partial charge in [0.2, 0.25) is 0 Å². The van der Waals surface area contributed by atoms with Gasteiger partial charge < -0.3 is 19.9 Å². The van der Waals surface area contributed by atoms with E-state index in [1.165, 1.54) is 0 Å². The maximum absolute atomic E-state index is 9.23. The number of phenolic OH excluding ortho intramolecular Hbond substituents is 1. The van der Waals surface area contributed by atoms with E-state index in [-0.39, 0.29) is 5.75 Å². The number of benzene rings is 1. The standard InChI is InChI=1S/C15H18N2O3/c1-19-14-7-8-17-13(15(14)20-2)10-16-9-11-3-5-12(18)6-4-11/h3-8,16,18H,9-10H2,1-2H3. The Kier molecular flexibility index (Phi) is 4.79. The molecule has 0 radical (unpaired) electrons. The molecule has 5 heteroatoms. The number of hydrogen-bond acceptors (Lipinski definition) is 5. The van der Waals surface area contributed by atoms with Gasteiger partial charge in [0.1, 0.15) is 5.75 Å². The van der Waals surface area contributed by atoms with Crippen LogP contribution in [0.25, 0.3) is 0 Å². The van der Waals surface area contributed by atoms with Crippen LogP contribution in [-0.2, 0) is 13.1 Å². The Morgan fingerprint density at radius 1 is 1.05 bits per heavy atom. The number of phenols is 1. The highest BCUT2D eigenvalue weighted by Crippen LogP contribution is 2.28. The van der Waals surface area contributed by atoms with Crippen molar-refractivity contribution in [2.75, 3.05) is 14.2 Å². The van der Waals surface area contributed by atoms with Crippen LogP contribution < -0.4 is 14.8 Å². The SMILES string of the molecule is COc1ccnc(CNCc2ccc(O)cc2)c1OC. The summed E-state index contributed by atoms with van der Waals surface area (Å²) >= 11 is 0. The van der Waals surface area contributed by atoms with Crippen LogP contribution in [0.3, 0.4) is 0 Å². The zero-order valence-corrected chi connectivity index (χ0v) is 11.6. The lowest BCUT2D eigenvalue weighted by Crippen LogP contribution is -2.14. The van der Waals surface area contributed by atoms with Gasteiger partial charge in [-0.25, -0.2) is 0 Å². The summed E-state index contributed by atoms with van der Waals surface area (Å²) in [5.74, 6) is 1.59. The van der Waals surface area contributed by atoms with Crippen molar-refractivity contribution in [3.05, 3.63) is 47.8 Å². The largest absolute Gasteiger partial charge is 0.508 e. The molecular formula is C15H18N2O3. The molecule has 1 aromatic carbocycles. The lowest BCUT2D eigenvalue weighted by Gasteiger charge is -2.12. The Bertz CT molecular complexity index is 556. The molecule has 0 amide bonds. The van der Waals surface area contributed by atoms with E-state index in [9.17, 15) is 5.11 Å². The fraction of sp³-hybridized carbons (Fsp3) is 0.267. The number of hydrogen-bond donors (Lipinski definition) is 2. The van der Waals surface area contributed by atoms with E-state index < -0.39 is 0 Å². The Morgan fingerprint density at radius 2 is 1.80 bits per heavy atom. The van der Waals surface area contributed by atoms with Crippen LogP contribution in [0, 0.1) is 0 Å². The van der Waals surface area contributed by atoms with Crippen molar-refractivity contribution in [1.82, 2.24) is 10.3 Å². The van der Waals surface area contributed by atoms with Crippen LogP contribution in [0.4, 0.5) is 0 Å². The van der Waals surface area contributed by atoms with Gasteiger partial charge in [0, 0.05) is 25.4 Å². The minimum atomic E-state index is 0.268. The molecule has 20 heavy (non-hydrogen) atoms. The molecule has 0 aliphatic carbocycles. The molecule has 1 aromatic heterocycles. The molecule has 106 valence electrons. The summed E-state index contributed by atoms with van der Waals surface area (Å²) in [4.78, 5) is 4.30. The molecule has 0 bridgehead atoms. The minimum Gasteiger partial charge on any atom is -0.508 e. The Labute approximate surface area is 118 Å². The van der Waals surface area contributed by atoms with Crippen molar-refractivity contribution < 1.29 is 14.6 Å². The van der Waals surface area contributed by atoms with Gasteiger partial charge in [-0.3, -0.25) is 4.98 Å². The van der Waals surface area contributed by atoms with E-state index in [4.69, 9.17) is 9.47 Å². The summed E-state index contributed by atoms with van der Waals surface area (Å²) in [6.45, 7) is 1.25. The normalized spacial score (nSPS) is 10.3. The van der Waals surface area contributed by atoms with Crippen molar-refractivity contribution in [3.8, 4) is 17.2 Å². The van der Waals surface area contributed by atoms with Gasteiger partial charge in [-0.05, 0) is 17.7 Å². The predicted molar refractivity (Wildman–Crippen MR) is 76.0 cm³/mol. The molecule has 0 aliphatic rings. The first-order chi connectivity index (χ1) is 9.74. The Hall–Kier alpha value is -2.27. The molecule has 2 aromatic rings. The number of ether oxygens (including phenoxy) is 2. The van der Waals surface area contributed by atoms with Gasteiger partial charge in [-0.15, -0.1) is 0 Å².